The highest BCUT2D eigenvalue weighted by molar-refractivity contribution is 5.54. The van der Waals surface area contributed by atoms with Crippen LogP contribution in [0.2, 0.25) is 0 Å². The molecule has 1 saturated heterocycles. The van der Waals surface area contributed by atoms with Crippen LogP contribution in [0, 0.1) is 6.92 Å². The summed E-state index contributed by atoms with van der Waals surface area (Å²) in [6, 6.07) is 8.17. The van der Waals surface area contributed by atoms with Crippen LogP contribution in [0.1, 0.15) is 30.1 Å². The maximum atomic E-state index is 4.50. The normalized spacial score (nSPS) is 19.9. The number of aryl methyl sites for hydroxylation is 1. The fourth-order valence-electron chi connectivity index (χ4n) is 2.48. The summed E-state index contributed by atoms with van der Waals surface area (Å²) in [6.45, 7) is 4.18. The standard InChI is InChI=1S/C14H18N4/c1-10-4-2-6-12(16-10)14-8-13(17-18-14)11-5-3-7-15-9-11/h2,4,6,8,11,15H,3,5,7,9H2,1H3,(H,17,18)/t11-/m0/s1. The van der Waals surface area contributed by atoms with E-state index in [0.717, 1.165) is 30.2 Å². The number of aromatic amines is 1. The van der Waals surface area contributed by atoms with Gasteiger partial charge in [-0.15, -0.1) is 0 Å². The fourth-order valence-corrected chi connectivity index (χ4v) is 2.48. The highest BCUT2D eigenvalue weighted by atomic mass is 15.1. The summed E-state index contributed by atoms with van der Waals surface area (Å²) in [4.78, 5) is 4.50. The second-order valence-electron chi connectivity index (χ2n) is 4.92. The molecule has 1 fully saturated rings. The third kappa shape index (κ3) is 2.29. The number of H-pyrrole nitrogens is 1. The van der Waals surface area contributed by atoms with E-state index < -0.39 is 0 Å². The minimum Gasteiger partial charge on any atom is -0.316 e. The van der Waals surface area contributed by atoms with Crippen LogP contribution in [0.3, 0.4) is 0 Å². The van der Waals surface area contributed by atoms with Crippen molar-refractivity contribution in [3.8, 4) is 11.4 Å². The Labute approximate surface area is 107 Å². The topological polar surface area (TPSA) is 53.6 Å². The van der Waals surface area contributed by atoms with Gasteiger partial charge in [0.1, 0.15) is 5.69 Å². The van der Waals surface area contributed by atoms with Crippen LogP contribution in [-0.2, 0) is 0 Å². The van der Waals surface area contributed by atoms with Gasteiger partial charge >= 0.3 is 0 Å². The molecule has 1 aliphatic rings. The van der Waals surface area contributed by atoms with E-state index in [-0.39, 0.29) is 0 Å². The third-order valence-electron chi connectivity index (χ3n) is 3.49. The monoisotopic (exact) mass is 242 g/mol. The number of pyridine rings is 1. The zero-order valence-corrected chi connectivity index (χ0v) is 10.6. The van der Waals surface area contributed by atoms with Crippen molar-refractivity contribution in [2.45, 2.75) is 25.7 Å². The molecular formula is C14H18N4. The summed E-state index contributed by atoms with van der Waals surface area (Å²) in [6.07, 6.45) is 2.47. The van der Waals surface area contributed by atoms with Crippen molar-refractivity contribution in [3.63, 3.8) is 0 Å². The quantitative estimate of drug-likeness (QED) is 0.849. The van der Waals surface area contributed by atoms with Crippen molar-refractivity contribution in [2.24, 2.45) is 0 Å². The molecule has 94 valence electrons. The first-order valence-electron chi connectivity index (χ1n) is 6.53. The maximum Gasteiger partial charge on any atom is 0.111 e. The average Bonchev–Trinajstić information content (AvgIpc) is 2.89. The minimum atomic E-state index is 0.560. The zero-order valence-electron chi connectivity index (χ0n) is 10.6. The van der Waals surface area contributed by atoms with Gasteiger partial charge in [0.15, 0.2) is 0 Å². The molecule has 0 aliphatic carbocycles. The molecule has 2 N–H and O–H groups in total. The van der Waals surface area contributed by atoms with Crippen molar-refractivity contribution in [3.05, 3.63) is 35.7 Å². The Hall–Kier alpha value is -1.68. The number of aromatic nitrogens is 3. The van der Waals surface area contributed by atoms with Crippen LogP contribution in [0.5, 0.6) is 0 Å². The highest BCUT2D eigenvalue weighted by Gasteiger charge is 2.17. The van der Waals surface area contributed by atoms with Gasteiger partial charge in [0.2, 0.25) is 0 Å². The second kappa shape index (κ2) is 4.90. The molecule has 1 atom stereocenters. The predicted octanol–water partition coefficient (Wildman–Crippen LogP) is 2.25. The lowest BCUT2D eigenvalue weighted by Gasteiger charge is -2.21. The Balaban J connectivity index is 1.84. The number of hydrogen-bond donors (Lipinski definition) is 2. The summed E-state index contributed by atoms with van der Waals surface area (Å²) < 4.78 is 0. The van der Waals surface area contributed by atoms with Crippen LogP contribution in [0.15, 0.2) is 24.3 Å². The van der Waals surface area contributed by atoms with Gasteiger partial charge in [-0.2, -0.15) is 5.10 Å². The molecule has 0 aromatic carbocycles. The number of nitrogens with one attached hydrogen (secondary N) is 2. The fraction of sp³-hybridized carbons (Fsp3) is 0.429. The summed E-state index contributed by atoms with van der Waals surface area (Å²) in [5.74, 6) is 0.560. The van der Waals surface area contributed by atoms with Crippen molar-refractivity contribution in [1.82, 2.24) is 20.5 Å². The number of hydrogen-bond acceptors (Lipinski definition) is 3. The van der Waals surface area contributed by atoms with E-state index in [1.165, 1.54) is 18.5 Å². The lowest BCUT2D eigenvalue weighted by molar-refractivity contribution is 0.454. The molecule has 18 heavy (non-hydrogen) atoms. The zero-order chi connectivity index (χ0) is 12.4. The summed E-state index contributed by atoms with van der Waals surface area (Å²) in [5, 5.41) is 11.0. The molecule has 2 aromatic rings. The third-order valence-corrected chi connectivity index (χ3v) is 3.49. The van der Waals surface area contributed by atoms with Crippen LogP contribution >= 0.6 is 0 Å². The van der Waals surface area contributed by atoms with Crippen LogP contribution in [-0.4, -0.2) is 28.3 Å². The Morgan fingerprint density at radius 1 is 1.28 bits per heavy atom. The van der Waals surface area contributed by atoms with E-state index in [2.05, 4.69) is 26.6 Å². The lowest BCUT2D eigenvalue weighted by atomic mass is 9.96. The first kappa shape index (κ1) is 11.4. The van der Waals surface area contributed by atoms with E-state index in [1.54, 1.807) is 0 Å². The van der Waals surface area contributed by atoms with Crippen molar-refractivity contribution >= 4 is 0 Å². The SMILES string of the molecule is Cc1cccc(-c2cc([C@H]3CCCNC3)[nH]n2)n1. The summed E-state index contributed by atoms with van der Waals surface area (Å²) in [7, 11) is 0. The van der Waals surface area contributed by atoms with Crippen molar-refractivity contribution in [1.29, 1.82) is 0 Å². The van der Waals surface area contributed by atoms with Crippen molar-refractivity contribution < 1.29 is 0 Å². The lowest BCUT2D eigenvalue weighted by Crippen LogP contribution is -2.28. The Morgan fingerprint density at radius 3 is 3.00 bits per heavy atom. The van der Waals surface area contributed by atoms with Gasteiger partial charge in [-0.1, -0.05) is 6.07 Å². The van der Waals surface area contributed by atoms with E-state index in [4.69, 9.17) is 0 Å². The molecule has 4 heteroatoms. The van der Waals surface area contributed by atoms with Gasteiger partial charge in [0.05, 0.1) is 5.69 Å². The molecule has 3 heterocycles. The average molecular weight is 242 g/mol. The number of piperidine rings is 1. The van der Waals surface area contributed by atoms with Crippen LogP contribution < -0.4 is 5.32 Å². The molecule has 0 spiro atoms. The van der Waals surface area contributed by atoms with Crippen LogP contribution in [0.4, 0.5) is 0 Å². The molecule has 2 aromatic heterocycles. The molecule has 0 saturated carbocycles. The van der Waals surface area contributed by atoms with Gasteiger partial charge in [0.25, 0.3) is 0 Å². The summed E-state index contributed by atoms with van der Waals surface area (Å²) in [5.41, 5.74) is 4.14. The van der Waals surface area contributed by atoms with Gasteiger partial charge in [-0.3, -0.25) is 10.1 Å². The molecule has 0 radical (unpaired) electrons. The van der Waals surface area contributed by atoms with Gasteiger partial charge in [-0.25, -0.2) is 0 Å². The van der Waals surface area contributed by atoms with E-state index >= 15 is 0 Å². The first-order chi connectivity index (χ1) is 8.83. The van der Waals surface area contributed by atoms with E-state index in [0.29, 0.717) is 5.92 Å². The van der Waals surface area contributed by atoms with Crippen molar-refractivity contribution in [2.75, 3.05) is 13.1 Å². The highest BCUT2D eigenvalue weighted by Crippen LogP contribution is 2.24. The maximum absolute atomic E-state index is 4.50. The number of nitrogens with zero attached hydrogens (tertiary/aromatic N) is 2. The molecule has 0 amide bonds. The van der Waals surface area contributed by atoms with E-state index in [1.807, 2.05) is 25.1 Å². The van der Waals surface area contributed by atoms with Gasteiger partial charge in [0, 0.05) is 23.9 Å². The molecule has 0 unspecified atom stereocenters. The predicted molar refractivity (Wildman–Crippen MR) is 71.4 cm³/mol. The Kier molecular flexibility index (Phi) is 3.11. The molecule has 0 bridgehead atoms. The molecule has 1 aliphatic heterocycles. The largest absolute Gasteiger partial charge is 0.316 e. The first-order valence-corrected chi connectivity index (χ1v) is 6.53. The Bertz CT molecular complexity index is 526. The number of rotatable bonds is 2. The van der Waals surface area contributed by atoms with Gasteiger partial charge in [-0.05, 0) is 44.5 Å². The Morgan fingerprint density at radius 2 is 2.22 bits per heavy atom. The smallest absolute Gasteiger partial charge is 0.111 e. The van der Waals surface area contributed by atoms with Crippen LogP contribution in [0.25, 0.3) is 11.4 Å². The second-order valence-corrected chi connectivity index (χ2v) is 4.92. The molecular weight excluding hydrogens is 224 g/mol. The molecule has 4 nitrogen and oxygen atoms in total. The minimum absolute atomic E-state index is 0.560. The van der Waals surface area contributed by atoms with E-state index in [9.17, 15) is 0 Å². The summed E-state index contributed by atoms with van der Waals surface area (Å²) >= 11 is 0. The van der Waals surface area contributed by atoms with Gasteiger partial charge < -0.3 is 5.32 Å². The molecule has 3 rings (SSSR count).